The van der Waals surface area contributed by atoms with Gasteiger partial charge in [-0.25, -0.2) is 12.8 Å². The molecule has 37 heavy (non-hydrogen) atoms. The largest absolute Gasteiger partial charge is 0.357 e. The molecule has 1 N–H and O–H groups in total. The maximum atomic E-state index is 13.9. The van der Waals surface area contributed by atoms with Crippen molar-refractivity contribution in [2.45, 2.75) is 37.8 Å². The number of sulfonamides is 1. The van der Waals surface area contributed by atoms with E-state index in [0.717, 1.165) is 27.6 Å². The van der Waals surface area contributed by atoms with E-state index < -0.39 is 34.3 Å². The third-order valence-electron chi connectivity index (χ3n) is 5.87. The number of carbonyl (C=O) groups excluding carboxylic acids is 2. The Hall–Kier alpha value is -3.43. The molecule has 196 valence electrons. The second kappa shape index (κ2) is 12.2. The van der Waals surface area contributed by atoms with Crippen LogP contribution in [-0.4, -0.2) is 44.8 Å². The van der Waals surface area contributed by atoms with Gasteiger partial charge in [0, 0.05) is 13.6 Å². The summed E-state index contributed by atoms with van der Waals surface area (Å²) in [5.41, 5.74) is 1.79. The summed E-state index contributed by atoms with van der Waals surface area (Å²) in [6.45, 7) is 3.15. The van der Waals surface area contributed by atoms with E-state index in [1.807, 2.05) is 31.2 Å². The summed E-state index contributed by atoms with van der Waals surface area (Å²) in [6.07, 6.45) is 0.311. The van der Waals surface area contributed by atoms with Crippen LogP contribution in [0.4, 0.5) is 10.1 Å². The quantitative estimate of drug-likeness (QED) is 0.405. The van der Waals surface area contributed by atoms with Gasteiger partial charge in [-0.3, -0.25) is 13.9 Å². The average molecular weight is 546 g/mol. The Balaban J connectivity index is 2.07. The van der Waals surface area contributed by atoms with Crippen LogP contribution in [-0.2, 0) is 26.2 Å². The predicted molar refractivity (Wildman–Crippen MR) is 142 cm³/mol. The third kappa shape index (κ3) is 6.67. The second-order valence-electron chi connectivity index (χ2n) is 8.47. The monoisotopic (exact) mass is 545 g/mol. The van der Waals surface area contributed by atoms with Crippen molar-refractivity contribution in [1.82, 2.24) is 10.2 Å². The lowest BCUT2D eigenvalue weighted by Crippen LogP contribution is -2.51. The number of anilines is 1. The highest BCUT2D eigenvalue weighted by molar-refractivity contribution is 7.92. The van der Waals surface area contributed by atoms with Crippen molar-refractivity contribution in [2.24, 2.45) is 0 Å². The summed E-state index contributed by atoms with van der Waals surface area (Å²) in [5.74, 6) is -1.69. The van der Waals surface area contributed by atoms with E-state index in [2.05, 4.69) is 5.32 Å². The van der Waals surface area contributed by atoms with E-state index in [-0.39, 0.29) is 28.1 Å². The summed E-state index contributed by atoms with van der Waals surface area (Å²) in [5, 5.41) is 2.29. The molecule has 0 heterocycles. The zero-order valence-corrected chi connectivity index (χ0v) is 22.4. The van der Waals surface area contributed by atoms with E-state index in [0.29, 0.717) is 6.42 Å². The van der Waals surface area contributed by atoms with Gasteiger partial charge in [0.25, 0.3) is 10.0 Å². The van der Waals surface area contributed by atoms with Crippen molar-refractivity contribution in [1.29, 1.82) is 0 Å². The van der Waals surface area contributed by atoms with Gasteiger partial charge in [-0.05, 0) is 49.2 Å². The van der Waals surface area contributed by atoms with Gasteiger partial charge >= 0.3 is 0 Å². The van der Waals surface area contributed by atoms with Crippen molar-refractivity contribution < 1.29 is 22.4 Å². The number of hydrogen-bond donors (Lipinski definition) is 1. The Bertz CT molecular complexity index is 1370. The summed E-state index contributed by atoms with van der Waals surface area (Å²) in [4.78, 5) is 27.8. The van der Waals surface area contributed by atoms with Gasteiger partial charge in [0.15, 0.2) is 0 Å². The Morgan fingerprint density at radius 1 is 1.03 bits per heavy atom. The molecule has 2 amide bonds. The van der Waals surface area contributed by atoms with Gasteiger partial charge in [-0.1, -0.05) is 66.6 Å². The van der Waals surface area contributed by atoms with E-state index in [4.69, 9.17) is 11.6 Å². The van der Waals surface area contributed by atoms with E-state index >= 15 is 0 Å². The minimum atomic E-state index is -4.25. The number of halogens is 2. The maximum absolute atomic E-state index is 13.9. The first kappa shape index (κ1) is 28.1. The van der Waals surface area contributed by atoms with Crippen LogP contribution in [0.15, 0.2) is 77.7 Å². The number of carbonyl (C=O) groups is 2. The topological polar surface area (TPSA) is 86.8 Å². The SMILES string of the molecule is CCC(C(=O)NC)N(Cc1cccc(C)c1)C(=O)CN(c1ccc(F)c(Cl)c1)S(=O)(=O)c1ccccc1. The Morgan fingerprint density at radius 3 is 2.32 bits per heavy atom. The summed E-state index contributed by atoms with van der Waals surface area (Å²) in [7, 11) is -2.77. The molecule has 3 aromatic carbocycles. The number of nitrogens with one attached hydrogen (secondary N) is 1. The van der Waals surface area contributed by atoms with Gasteiger partial charge in [-0.2, -0.15) is 0 Å². The van der Waals surface area contributed by atoms with E-state index in [1.54, 1.807) is 25.1 Å². The molecule has 7 nitrogen and oxygen atoms in total. The van der Waals surface area contributed by atoms with Crippen LogP contribution in [0.2, 0.25) is 5.02 Å². The van der Waals surface area contributed by atoms with Crippen molar-refractivity contribution in [3.8, 4) is 0 Å². The van der Waals surface area contributed by atoms with Crippen molar-refractivity contribution in [2.75, 3.05) is 17.9 Å². The molecular weight excluding hydrogens is 517 g/mol. The lowest BCUT2D eigenvalue weighted by Gasteiger charge is -2.33. The first-order chi connectivity index (χ1) is 17.6. The summed E-state index contributed by atoms with van der Waals surface area (Å²) in [6, 6.07) is 17.7. The van der Waals surface area contributed by atoms with Crippen LogP contribution in [0.25, 0.3) is 0 Å². The molecule has 1 atom stereocenters. The number of benzene rings is 3. The number of rotatable bonds is 10. The van der Waals surface area contributed by atoms with Crippen molar-refractivity contribution in [3.05, 3.63) is 94.8 Å². The third-order valence-corrected chi connectivity index (χ3v) is 7.95. The van der Waals surface area contributed by atoms with Crippen LogP contribution in [0.5, 0.6) is 0 Å². The zero-order chi connectivity index (χ0) is 27.2. The second-order valence-corrected chi connectivity index (χ2v) is 10.7. The molecule has 3 aromatic rings. The minimum Gasteiger partial charge on any atom is -0.357 e. The Labute approximate surface area is 221 Å². The molecule has 0 aliphatic rings. The molecule has 0 radical (unpaired) electrons. The first-order valence-electron chi connectivity index (χ1n) is 11.7. The first-order valence-corrected chi connectivity index (χ1v) is 13.5. The molecule has 0 bridgehead atoms. The normalized spacial score (nSPS) is 12.0. The Kier molecular flexibility index (Phi) is 9.29. The lowest BCUT2D eigenvalue weighted by atomic mass is 10.1. The number of nitrogens with zero attached hydrogens (tertiary/aromatic N) is 2. The molecule has 0 spiro atoms. The van der Waals surface area contributed by atoms with E-state index in [9.17, 15) is 22.4 Å². The predicted octanol–water partition coefficient (Wildman–Crippen LogP) is 4.54. The molecule has 0 saturated heterocycles. The molecule has 0 aliphatic heterocycles. The highest BCUT2D eigenvalue weighted by Crippen LogP contribution is 2.28. The number of likely N-dealkylation sites (N-methyl/N-ethyl adjacent to an activating group) is 1. The molecular formula is C27H29ClFN3O4S. The molecule has 0 aromatic heterocycles. The average Bonchev–Trinajstić information content (AvgIpc) is 2.89. The lowest BCUT2D eigenvalue weighted by molar-refractivity contribution is -0.140. The smallest absolute Gasteiger partial charge is 0.264 e. The number of hydrogen-bond acceptors (Lipinski definition) is 4. The van der Waals surface area contributed by atoms with Crippen molar-refractivity contribution in [3.63, 3.8) is 0 Å². The fraction of sp³-hybridized carbons (Fsp3) is 0.259. The summed E-state index contributed by atoms with van der Waals surface area (Å²) < 4.78 is 42.1. The van der Waals surface area contributed by atoms with Crippen LogP contribution in [0, 0.1) is 12.7 Å². The van der Waals surface area contributed by atoms with Gasteiger partial charge in [0.05, 0.1) is 15.6 Å². The van der Waals surface area contributed by atoms with E-state index in [1.165, 1.54) is 30.1 Å². The zero-order valence-electron chi connectivity index (χ0n) is 20.8. The van der Waals surface area contributed by atoms with Crippen LogP contribution in [0.3, 0.4) is 0 Å². The minimum absolute atomic E-state index is 0.0205. The van der Waals surface area contributed by atoms with Crippen LogP contribution >= 0.6 is 11.6 Å². The van der Waals surface area contributed by atoms with Crippen LogP contribution < -0.4 is 9.62 Å². The van der Waals surface area contributed by atoms with Crippen LogP contribution in [0.1, 0.15) is 24.5 Å². The Morgan fingerprint density at radius 2 is 1.73 bits per heavy atom. The van der Waals surface area contributed by atoms with Gasteiger partial charge < -0.3 is 10.2 Å². The molecule has 0 aliphatic carbocycles. The van der Waals surface area contributed by atoms with Gasteiger partial charge in [-0.15, -0.1) is 0 Å². The van der Waals surface area contributed by atoms with Gasteiger partial charge in [0.1, 0.15) is 18.4 Å². The fourth-order valence-corrected chi connectivity index (χ4v) is 5.58. The maximum Gasteiger partial charge on any atom is 0.264 e. The molecule has 0 fully saturated rings. The molecule has 10 heteroatoms. The number of aryl methyl sites for hydroxylation is 1. The van der Waals surface area contributed by atoms with Crippen molar-refractivity contribution >= 4 is 39.1 Å². The van der Waals surface area contributed by atoms with Gasteiger partial charge in [0.2, 0.25) is 11.8 Å². The molecule has 3 rings (SSSR count). The highest BCUT2D eigenvalue weighted by Gasteiger charge is 2.33. The highest BCUT2D eigenvalue weighted by atomic mass is 35.5. The molecule has 1 unspecified atom stereocenters. The number of amides is 2. The fourth-order valence-electron chi connectivity index (χ4n) is 3.98. The standard InChI is InChI=1S/C27H29ClFN3O4S/c1-4-25(27(34)30-3)31(17-20-10-8-9-19(2)15-20)26(33)18-32(21-13-14-24(29)23(28)16-21)37(35,36)22-11-6-5-7-12-22/h5-16,25H,4,17-18H2,1-3H3,(H,30,34). The molecule has 0 saturated carbocycles. The summed E-state index contributed by atoms with van der Waals surface area (Å²) >= 11 is 5.96.